The summed E-state index contributed by atoms with van der Waals surface area (Å²) >= 11 is 0. The quantitative estimate of drug-likeness (QED) is 0.906. The molecule has 2 heterocycles. The van der Waals surface area contributed by atoms with E-state index in [0.29, 0.717) is 32.6 Å². The first-order chi connectivity index (χ1) is 12.9. The number of carbonyl (C=O) groups is 2. The van der Waals surface area contributed by atoms with E-state index in [0.717, 1.165) is 39.9 Å². The molecule has 1 N–H and O–H groups in total. The van der Waals surface area contributed by atoms with Crippen LogP contribution in [0.1, 0.15) is 44.7 Å². The lowest BCUT2D eigenvalue weighted by Crippen LogP contribution is -2.38. The molecule has 0 radical (unpaired) electrons. The number of aromatic nitrogens is 1. The fourth-order valence-corrected chi connectivity index (χ4v) is 3.82. The van der Waals surface area contributed by atoms with Crippen LogP contribution < -0.4 is 0 Å². The van der Waals surface area contributed by atoms with Crippen molar-refractivity contribution < 1.29 is 9.59 Å². The van der Waals surface area contributed by atoms with Gasteiger partial charge in [-0.2, -0.15) is 0 Å². The number of amides is 2. The summed E-state index contributed by atoms with van der Waals surface area (Å²) in [5, 5.41) is 0. The first kappa shape index (κ1) is 19.2. The topological polar surface area (TPSA) is 56.4 Å². The number of H-pyrrole nitrogens is 1. The fourth-order valence-electron chi connectivity index (χ4n) is 3.82. The molecule has 3 rings (SSSR count). The minimum absolute atomic E-state index is 0.0930. The number of benzene rings is 1. The molecule has 1 aliphatic rings. The van der Waals surface area contributed by atoms with Crippen LogP contribution in [-0.2, 0) is 11.2 Å². The van der Waals surface area contributed by atoms with E-state index >= 15 is 0 Å². The molecular formula is C22H29N3O2. The number of carbonyl (C=O) groups excluding carboxylic acids is 2. The highest BCUT2D eigenvalue weighted by atomic mass is 16.2. The molecule has 1 aromatic carbocycles. The van der Waals surface area contributed by atoms with Gasteiger partial charge in [0.1, 0.15) is 0 Å². The number of aromatic amines is 1. The number of hydrogen-bond acceptors (Lipinski definition) is 2. The van der Waals surface area contributed by atoms with E-state index in [2.05, 4.69) is 24.9 Å². The van der Waals surface area contributed by atoms with Crippen LogP contribution in [0.2, 0.25) is 0 Å². The first-order valence-corrected chi connectivity index (χ1v) is 9.65. The standard InChI is InChI=1S/C22H29N3O2/c1-15-13-16(2)18(4)21(17(15)3)22(27)25-10-6-9-24(11-12-25)20(26)14-19-7-5-8-23-19/h5,7-8,13,23H,6,9-12,14H2,1-4H3. The summed E-state index contributed by atoms with van der Waals surface area (Å²) in [7, 11) is 0. The number of nitrogens with zero attached hydrogens (tertiary/aromatic N) is 2. The second-order valence-electron chi connectivity index (χ2n) is 7.53. The average Bonchev–Trinajstić information content (AvgIpc) is 3.01. The van der Waals surface area contributed by atoms with Crippen LogP contribution in [0.5, 0.6) is 0 Å². The summed E-state index contributed by atoms with van der Waals surface area (Å²) in [6, 6.07) is 5.97. The van der Waals surface area contributed by atoms with E-state index in [1.165, 1.54) is 0 Å². The van der Waals surface area contributed by atoms with Gasteiger partial charge in [-0.3, -0.25) is 9.59 Å². The minimum Gasteiger partial charge on any atom is -0.365 e. The summed E-state index contributed by atoms with van der Waals surface area (Å²) in [5.41, 5.74) is 6.19. The van der Waals surface area contributed by atoms with Gasteiger partial charge in [0, 0.05) is 43.6 Å². The predicted octanol–water partition coefficient (Wildman–Crippen LogP) is 3.17. The lowest BCUT2D eigenvalue weighted by Gasteiger charge is -2.24. The van der Waals surface area contributed by atoms with Gasteiger partial charge in [-0.05, 0) is 68.5 Å². The Bertz CT molecular complexity index is 813. The third kappa shape index (κ3) is 4.07. The number of rotatable bonds is 3. The Morgan fingerprint density at radius 1 is 0.963 bits per heavy atom. The van der Waals surface area contributed by atoms with E-state index in [-0.39, 0.29) is 11.8 Å². The van der Waals surface area contributed by atoms with Gasteiger partial charge in [-0.1, -0.05) is 6.07 Å². The molecular weight excluding hydrogens is 338 g/mol. The molecule has 0 aliphatic carbocycles. The molecule has 0 bridgehead atoms. The number of aryl methyl sites for hydroxylation is 2. The molecule has 5 heteroatoms. The highest BCUT2D eigenvalue weighted by Gasteiger charge is 2.25. The molecule has 2 amide bonds. The summed E-state index contributed by atoms with van der Waals surface area (Å²) < 4.78 is 0. The maximum Gasteiger partial charge on any atom is 0.254 e. The van der Waals surface area contributed by atoms with E-state index in [1.807, 2.05) is 42.0 Å². The third-order valence-electron chi connectivity index (χ3n) is 5.72. The van der Waals surface area contributed by atoms with Gasteiger partial charge in [-0.15, -0.1) is 0 Å². The van der Waals surface area contributed by atoms with Crippen LogP contribution in [0.4, 0.5) is 0 Å². The molecule has 0 saturated carbocycles. The van der Waals surface area contributed by atoms with Crippen molar-refractivity contribution in [1.82, 2.24) is 14.8 Å². The highest BCUT2D eigenvalue weighted by Crippen LogP contribution is 2.23. The van der Waals surface area contributed by atoms with Crippen molar-refractivity contribution in [3.8, 4) is 0 Å². The lowest BCUT2D eigenvalue weighted by atomic mass is 9.93. The van der Waals surface area contributed by atoms with Gasteiger partial charge >= 0.3 is 0 Å². The summed E-state index contributed by atoms with van der Waals surface area (Å²) in [5.74, 6) is 0.209. The third-order valence-corrected chi connectivity index (χ3v) is 5.72. The van der Waals surface area contributed by atoms with Gasteiger partial charge in [0.05, 0.1) is 6.42 Å². The van der Waals surface area contributed by atoms with Gasteiger partial charge in [-0.25, -0.2) is 0 Å². The van der Waals surface area contributed by atoms with Crippen LogP contribution in [0, 0.1) is 27.7 Å². The maximum absolute atomic E-state index is 13.2. The Balaban J connectivity index is 1.71. The Labute approximate surface area is 161 Å². The van der Waals surface area contributed by atoms with Crippen molar-refractivity contribution >= 4 is 11.8 Å². The highest BCUT2D eigenvalue weighted by molar-refractivity contribution is 5.97. The zero-order chi connectivity index (χ0) is 19.6. The molecule has 5 nitrogen and oxygen atoms in total. The summed E-state index contributed by atoms with van der Waals surface area (Å²) in [6.45, 7) is 10.7. The number of hydrogen-bond donors (Lipinski definition) is 1. The molecule has 2 aromatic rings. The number of nitrogens with one attached hydrogen (secondary N) is 1. The van der Waals surface area contributed by atoms with Crippen LogP contribution in [0.3, 0.4) is 0 Å². The molecule has 144 valence electrons. The fraction of sp³-hybridized carbons (Fsp3) is 0.455. The van der Waals surface area contributed by atoms with E-state index in [4.69, 9.17) is 0 Å². The summed E-state index contributed by atoms with van der Waals surface area (Å²) in [6.07, 6.45) is 3.03. The monoisotopic (exact) mass is 367 g/mol. The Kier molecular flexibility index (Phi) is 5.68. The molecule has 1 aliphatic heterocycles. The van der Waals surface area contributed by atoms with Crippen molar-refractivity contribution in [3.05, 3.63) is 57.9 Å². The molecule has 1 aromatic heterocycles. The van der Waals surface area contributed by atoms with Gasteiger partial charge in [0.15, 0.2) is 0 Å². The van der Waals surface area contributed by atoms with Gasteiger partial charge in [0.25, 0.3) is 5.91 Å². The second-order valence-corrected chi connectivity index (χ2v) is 7.53. The van der Waals surface area contributed by atoms with Crippen molar-refractivity contribution in [2.24, 2.45) is 0 Å². The zero-order valence-corrected chi connectivity index (χ0v) is 16.8. The Hall–Kier alpha value is -2.56. The maximum atomic E-state index is 13.2. The predicted molar refractivity (Wildman–Crippen MR) is 107 cm³/mol. The molecule has 27 heavy (non-hydrogen) atoms. The second kappa shape index (κ2) is 7.99. The molecule has 0 spiro atoms. The van der Waals surface area contributed by atoms with E-state index in [9.17, 15) is 9.59 Å². The summed E-state index contributed by atoms with van der Waals surface area (Å²) in [4.78, 5) is 32.7. The average molecular weight is 367 g/mol. The Morgan fingerprint density at radius 3 is 2.22 bits per heavy atom. The van der Waals surface area contributed by atoms with Crippen LogP contribution >= 0.6 is 0 Å². The van der Waals surface area contributed by atoms with Crippen LogP contribution in [0.15, 0.2) is 24.4 Å². The minimum atomic E-state index is 0.0930. The van der Waals surface area contributed by atoms with Crippen molar-refractivity contribution in [3.63, 3.8) is 0 Å². The molecule has 1 fully saturated rings. The normalized spacial score (nSPS) is 15.0. The van der Waals surface area contributed by atoms with Gasteiger partial charge < -0.3 is 14.8 Å². The first-order valence-electron chi connectivity index (χ1n) is 9.65. The lowest BCUT2D eigenvalue weighted by molar-refractivity contribution is -0.130. The van der Waals surface area contributed by atoms with E-state index < -0.39 is 0 Å². The van der Waals surface area contributed by atoms with Crippen molar-refractivity contribution in [2.75, 3.05) is 26.2 Å². The van der Waals surface area contributed by atoms with Crippen LogP contribution in [-0.4, -0.2) is 52.8 Å². The largest absolute Gasteiger partial charge is 0.365 e. The van der Waals surface area contributed by atoms with Crippen molar-refractivity contribution in [2.45, 2.75) is 40.5 Å². The smallest absolute Gasteiger partial charge is 0.254 e. The van der Waals surface area contributed by atoms with Crippen molar-refractivity contribution in [1.29, 1.82) is 0 Å². The Morgan fingerprint density at radius 2 is 1.59 bits per heavy atom. The molecule has 1 saturated heterocycles. The zero-order valence-electron chi connectivity index (χ0n) is 16.8. The van der Waals surface area contributed by atoms with Gasteiger partial charge in [0.2, 0.25) is 5.91 Å². The molecule has 0 unspecified atom stereocenters. The van der Waals surface area contributed by atoms with Crippen LogP contribution in [0.25, 0.3) is 0 Å². The molecule has 0 atom stereocenters. The van der Waals surface area contributed by atoms with E-state index in [1.54, 1.807) is 0 Å². The SMILES string of the molecule is Cc1cc(C)c(C)c(C(=O)N2CCCN(C(=O)Cc3ccc[nH]3)CC2)c1C.